The number of amides is 3. The molecule has 3 rings (SSSR count). The minimum absolute atomic E-state index is 0.105. The van der Waals surface area contributed by atoms with Crippen molar-refractivity contribution >= 4 is 11.9 Å². The molecule has 1 aromatic rings. The number of piperidine rings is 1. The Morgan fingerprint density at radius 2 is 2.21 bits per heavy atom. The third-order valence-electron chi connectivity index (χ3n) is 3.64. The fraction of sp³-hybridized carbons (Fsp3) is 0.667. The van der Waals surface area contributed by atoms with E-state index < -0.39 is 0 Å². The van der Waals surface area contributed by atoms with Crippen LogP contribution in [0.2, 0.25) is 0 Å². The first kappa shape index (κ1) is 12.1. The number of imide groups is 1. The van der Waals surface area contributed by atoms with E-state index in [1.807, 2.05) is 6.92 Å². The van der Waals surface area contributed by atoms with Crippen LogP contribution in [-0.2, 0) is 17.8 Å². The van der Waals surface area contributed by atoms with Crippen LogP contribution in [0.5, 0.6) is 0 Å². The fourth-order valence-corrected chi connectivity index (χ4v) is 2.63. The Kier molecular flexibility index (Phi) is 2.96. The molecule has 2 fully saturated rings. The van der Waals surface area contributed by atoms with Crippen LogP contribution in [0.1, 0.15) is 37.9 Å². The van der Waals surface area contributed by atoms with Gasteiger partial charge in [-0.1, -0.05) is 12.1 Å². The number of nitrogens with zero attached hydrogens (tertiary/aromatic N) is 4. The van der Waals surface area contributed by atoms with Crippen LogP contribution < -0.4 is 0 Å². The summed E-state index contributed by atoms with van der Waals surface area (Å²) in [6, 6.07) is -0.503. The highest BCUT2D eigenvalue weighted by atomic mass is 16.5. The molecule has 3 amide bonds. The van der Waals surface area contributed by atoms with E-state index in [0.29, 0.717) is 24.7 Å². The summed E-state index contributed by atoms with van der Waals surface area (Å²) in [5.74, 6) is 0.776. The number of urea groups is 1. The van der Waals surface area contributed by atoms with Crippen molar-refractivity contribution < 1.29 is 14.1 Å². The smallest absolute Gasteiger partial charge is 0.327 e. The van der Waals surface area contributed by atoms with Crippen LogP contribution in [0.4, 0.5) is 4.79 Å². The van der Waals surface area contributed by atoms with Gasteiger partial charge in [0.15, 0.2) is 5.82 Å². The Bertz CT molecular complexity index is 489. The zero-order valence-corrected chi connectivity index (χ0v) is 10.8. The number of aryl methyl sites for hydroxylation is 1. The van der Waals surface area contributed by atoms with Crippen LogP contribution in [-0.4, -0.2) is 44.5 Å². The predicted molar refractivity (Wildman–Crippen MR) is 64.0 cm³/mol. The molecular weight excluding hydrogens is 248 g/mol. The maximum Gasteiger partial charge on any atom is 0.327 e. The SMILES string of the molecule is CCc1nc(CN2C(=O)C3CCCCN3C2=O)no1. The second-order valence-electron chi connectivity index (χ2n) is 4.87. The first-order chi connectivity index (χ1) is 9.20. The molecule has 0 N–H and O–H groups in total. The Morgan fingerprint density at radius 3 is 2.89 bits per heavy atom. The number of carbonyl (C=O) groups is 2. The van der Waals surface area contributed by atoms with Gasteiger partial charge in [-0.05, 0) is 19.3 Å². The van der Waals surface area contributed by atoms with Crippen molar-refractivity contribution in [2.45, 2.75) is 45.2 Å². The van der Waals surface area contributed by atoms with E-state index in [1.165, 1.54) is 4.90 Å². The highest BCUT2D eigenvalue weighted by molar-refractivity contribution is 6.04. The van der Waals surface area contributed by atoms with E-state index in [4.69, 9.17) is 4.52 Å². The van der Waals surface area contributed by atoms with Gasteiger partial charge in [0.2, 0.25) is 5.89 Å². The van der Waals surface area contributed by atoms with Crippen molar-refractivity contribution in [2.24, 2.45) is 0 Å². The summed E-state index contributed by atoms with van der Waals surface area (Å²) in [7, 11) is 0. The van der Waals surface area contributed by atoms with Gasteiger partial charge >= 0.3 is 6.03 Å². The van der Waals surface area contributed by atoms with Crippen molar-refractivity contribution in [1.29, 1.82) is 0 Å². The van der Waals surface area contributed by atoms with Crippen molar-refractivity contribution in [2.75, 3.05) is 6.54 Å². The van der Waals surface area contributed by atoms with E-state index in [-0.39, 0.29) is 24.5 Å². The van der Waals surface area contributed by atoms with Gasteiger partial charge in [0, 0.05) is 13.0 Å². The normalized spacial score (nSPS) is 23.1. The molecule has 2 aliphatic heterocycles. The lowest BCUT2D eigenvalue weighted by Gasteiger charge is -2.25. The second kappa shape index (κ2) is 4.64. The van der Waals surface area contributed by atoms with Gasteiger partial charge in [-0.15, -0.1) is 0 Å². The molecule has 3 heterocycles. The van der Waals surface area contributed by atoms with Gasteiger partial charge in [0.1, 0.15) is 6.04 Å². The van der Waals surface area contributed by atoms with Crippen molar-refractivity contribution in [1.82, 2.24) is 19.9 Å². The molecule has 2 aliphatic rings. The average molecular weight is 264 g/mol. The molecule has 0 aliphatic carbocycles. The van der Waals surface area contributed by atoms with Crippen LogP contribution in [0.15, 0.2) is 4.52 Å². The topological polar surface area (TPSA) is 79.5 Å². The number of hydrogen-bond donors (Lipinski definition) is 0. The second-order valence-corrected chi connectivity index (χ2v) is 4.87. The predicted octanol–water partition coefficient (Wildman–Crippen LogP) is 0.949. The number of aromatic nitrogens is 2. The molecule has 0 radical (unpaired) electrons. The standard InChI is InChI=1S/C12H16N4O3/c1-2-10-13-9(14-19-10)7-16-11(17)8-5-3-4-6-15(8)12(16)18/h8H,2-7H2,1H3. The molecule has 7 heteroatoms. The van der Waals surface area contributed by atoms with Crippen LogP contribution in [0, 0.1) is 0 Å². The van der Waals surface area contributed by atoms with Crippen LogP contribution in [0.3, 0.4) is 0 Å². The van der Waals surface area contributed by atoms with E-state index in [2.05, 4.69) is 10.1 Å². The lowest BCUT2D eigenvalue weighted by atomic mass is 10.0. The summed E-state index contributed by atoms with van der Waals surface area (Å²) in [6.45, 7) is 2.68. The van der Waals surface area contributed by atoms with Gasteiger partial charge in [0.25, 0.3) is 5.91 Å². The summed E-state index contributed by atoms with van der Waals surface area (Å²) in [5, 5.41) is 3.79. The zero-order valence-electron chi connectivity index (χ0n) is 10.8. The molecule has 19 heavy (non-hydrogen) atoms. The fourth-order valence-electron chi connectivity index (χ4n) is 2.63. The Morgan fingerprint density at radius 1 is 1.37 bits per heavy atom. The van der Waals surface area contributed by atoms with Gasteiger partial charge in [0.05, 0.1) is 6.54 Å². The summed E-state index contributed by atoms with van der Waals surface area (Å²) < 4.78 is 4.99. The maximum absolute atomic E-state index is 12.2. The van der Waals surface area contributed by atoms with Gasteiger partial charge in [-0.25, -0.2) is 4.79 Å². The molecule has 1 aromatic heterocycles. The summed E-state index contributed by atoms with van der Waals surface area (Å²) in [5.41, 5.74) is 0. The first-order valence-corrected chi connectivity index (χ1v) is 6.64. The van der Waals surface area contributed by atoms with Crippen molar-refractivity contribution in [3.05, 3.63) is 11.7 Å². The molecule has 2 saturated heterocycles. The van der Waals surface area contributed by atoms with E-state index in [9.17, 15) is 9.59 Å². The van der Waals surface area contributed by atoms with E-state index in [0.717, 1.165) is 19.3 Å². The minimum Gasteiger partial charge on any atom is -0.339 e. The Balaban J connectivity index is 1.77. The third kappa shape index (κ3) is 1.98. The quantitative estimate of drug-likeness (QED) is 0.759. The zero-order chi connectivity index (χ0) is 13.4. The molecule has 102 valence electrons. The van der Waals surface area contributed by atoms with Crippen molar-refractivity contribution in [3.8, 4) is 0 Å². The Labute approximate surface area is 110 Å². The number of fused-ring (bicyclic) bond motifs is 1. The molecule has 0 saturated carbocycles. The molecule has 7 nitrogen and oxygen atoms in total. The van der Waals surface area contributed by atoms with Gasteiger partial charge in [-0.3, -0.25) is 9.69 Å². The molecular formula is C12H16N4O3. The number of hydrogen-bond acceptors (Lipinski definition) is 5. The summed E-state index contributed by atoms with van der Waals surface area (Å²) in [4.78, 5) is 31.4. The molecule has 0 aromatic carbocycles. The lowest BCUT2D eigenvalue weighted by molar-refractivity contribution is -0.129. The maximum atomic E-state index is 12.2. The van der Waals surface area contributed by atoms with E-state index in [1.54, 1.807) is 4.90 Å². The number of rotatable bonds is 3. The minimum atomic E-state index is -0.279. The van der Waals surface area contributed by atoms with Crippen molar-refractivity contribution in [3.63, 3.8) is 0 Å². The average Bonchev–Trinajstić information content (AvgIpc) is 2.99. The number of carbonyl (C=O) groups excluding carboxylic acids is 2. The molecule has 1 unspecified atom stereocenters. The summed E-state index contributed by atoms with van der Waals surface area (Å²) in [6.07, 6.45) is 3.36. The summed E-state index contributed by atoms with van der Waals surface area (Å²) >= 11 is 0. The molecule has 1 atom stereocenters. The monoisotopic (exact) mass is 264 g/mol. The molecule has 0 spiro atoms. The van der Waals surface area contributed by atoms with Gasteiger partial charge in [-0.2, -0.15) is 4.98 Å². The van der Waals surface area contributed by atoms with Gasteiger partial charge < -0.3 is 9.42 Å². The van der Waals surface area contributed by atoms with Crippen LogP contribution in [0.25, 0.3) is 0 Å². The Hall–Kier alpha value is -1.92. The van der Waals surface area contributed by atoms with E-state index >= 15 is 0 Å². The largest absolute Gasteiger partial charge is 0.339 e. The lowest BCUT2D eigenvalue weighted by Crippen LogP contribution is -2.38. The first-order valence-electron chi connectivity index (χ1n) is 6.64. The third-order valence-corrected chi connectivity index (χ3v) is 3.64. The highest BCUT2D eigenvalue weighted by Crippen LogP contribution is 2.27. The van der Waals surface area contributed by atoms with Crippen LogP contribution >= 0.6 is 0 Å². The highest BCUT2D eigenvalue weighted by Gasteiger charge is 2.46. The molecule has 0 bridgehead atoms.